The highest BCUT2D eigenvalue weighted by atomic mass is 16.7. The first-order chi connectivity index (χ1) is 13.1. The Bertz CT molecular complexity index is 716. The summed E-state index contributed by atoms with van der Waals surface area (Å²) in [6.07, 6.45) is -0.492. The molecule has 1 N–H and O–H groups in total. The topological polar surface area (TPSA) is 75.3 Å². The van der Waals surface area contributed by atoms with Crippen LogP contribution in [0.15, 0.2) is 36.4 Å². The highest BCUT2D eigenvalue weighted by molar-refractivity contribution is 5.86. The molecule has 2 aromatic carbocycles. The molecule has 0 aromatic heterocycles. The fourth-order valence-corrected chi connectivity index (χ4v) is 2.48. The van der Waals surface area contributed by atoms with Gasteiger partial charge in [-0.05, 0) is 49.2 Å². The van der Waals surface area contributed by atoms with Gasteiger partial charge in [-0.15, -0.1) is 0 Å². The van der Waals surface area contributed by atoms with Gasteiger partial charge in [-0.1, -0.05) is 12.1 Å². The number of carbonyl (C=O) groups excluding carboxylic acids is 1. The lowest BCUT2D eigenvalue weighted by molar-refractivity contribution is 0.0468. The van der Waals surface area contributed by atoms with E-state index in [4.69, 9.17) is 23.7 Å². The second-order valence-electron chi connectivity index (χ2n) is 5.66. The number of amides is 1. The van der Waals surface area contributed by atoms with Gasteiger partial charge in [0.25, 0.3) is 0 Å². The van der Waals surface area contributed by atoms with E-state index in [1.807, 2.05) is 31.2 Å². The quantitative estimate of drug-likeness (QED) is 0.662. The Hall–Kier alpha value is -2.77. The van der Waals surface area contributed by atoms with Crippen LogP contribution in [0.3, 0.4) is 0 Å². The Kier molecular flexibility index (Phi) is 7.91. The molecule has 7 heteroatoms. The van der Waals surface area contributed by atoms with Crippen molar-refractivity contribution >= 4 is 11.8 Å². The Morgan fingerprint density at radius 1 is 0.963 bits per heavy atom. The monoisotopic (exact) mass is 375 g/mol. The Labute approximate surface area is 159 Å². The molecule has 0 fully saturated rings. The average molecular weight is 375 g/mol. The number of anilines is 1. The van der Waals surface area contributed by atoms with Crippen molar-refractivity contribution in [3.63, 3.8) is 0 Å². The highest BCUT2D eigenvalue weighted by Gasteiger charge is 2.15. The molecular formula is C20H25NO6. The molecule has 2 aromatic rings. The molecule has 0 radical (unpaired) electrons. The van der Waals surface area contributed by atoms with E-state index < -0.39 is 6.09 Å². The van der Waals surface area contributed by atoms with E-state index >= 15 is 0 Å². The van der Waals surface area contributed by atoms with Crippen molar-refractivity contribution in [2.45, 2.75) is 13.8 Å². The molecule has 27 heavy (non-hydrogen) atoms. The number of benzene rings is 2. The number of rotatable bonds is 9. The van der Waals surface area contributed by atoms with Gasteiger partial charge in [0.15, 0.2) is 13.6 Å². The first-order valence-electron chi connectivity index (χ1n) is 8.51. The van der Waals surface area contributed by atoms with Crippen LogP contribution < -0.4 is 14.8 Å². The van der Waals surface area contributed by atoms with Gasteiger partial charge >= 0.3 is 6.09 Å². The predicted octanol–water partition coefficient (Wildman–Crippen LogP) is 4.20. The van der Waals surface area contributed by atoms with E-state index in [0.717, 1.165) is 16.7 Å². The molecule has 0 aliphatic heterocycles. The van der Waals surface area contributed by atoms with Crippen molar-refractivity contribution in [2.75, 3.05) is 39.7 Å². The number of hydrogen-bond acceptors (Lipinski definition) is 6. The SMILES string of the molecule is CCOC(=O)Nc1ccc(-c2c(OCOC)cc(C)cc2OCOC)cc1. The lowest BCUT2D eigenvalue weighted by Crippen LogP contribution is -2.13. The lowest BCUT2D eigenvalue weighted by atomic mass is 10.0. The van der Waals surface area contributed by atoms with E-state index in [1.165, 1.54) is 0 Å². The van der Waals surface area contributed by atoms with Gasteiger partial charge in [0, 0.05) is 19.9 Å². The van der Waals surface area contributed by atoms with Gasteiger partial charge < -0.3 is 23.7 Å². The van der Waals surface area contributed by atoms with E-state index in [0.29, 0.717) is 23.8 Å². The molecule has 0 saturated heterocycles. The van der Waals surface area contributed by atoms with Crippen LogP contribution in [0.25, 0.3) is 11.1 Å². The second kappa shape index (κ2) is 10.4. The zero-order chi connectivity index (χ0) is 19.6. The number of nitrogens with one attached hydrogen (secondary N) is 1. The summed E-state index contributed by atoms with van der Waals surface area (Å²) in [5.41, 5.74) is 3.25. The van der Waals surface area contributed by atoms with Crippen LogP contribution >= 0.6 is 0 Å². The molecule has 1 amide bonds. The van der Waals surface area contributed by atoms with Crippen molar-refractivity contribution in [3.8, 4) is 22.6 Å². The summed E-state index contributed by atoms with van der Waals surface area (Å²) in [6.45, 7) is 4.25. The molecule has 7 nitrogen and oxygen atoms in total. The fourth-order valence-electron chi connectivity index (χ4n) is 2.48. The highest BCUT2D eigenvalue weighted by Crippen LogP contribution is 2.40. The van der Waals surface area contributed by atoms with Gasteiger partial charge in [-0.2, -0.15) is 0 Å². The van der Waals surface area contributed by atoms with Crippen molar-refractivity contribution in [2.24, 2.45) is 0 Å². The summed E-state index contributed by atoms with van der Waals surface area (Å²) in [7, 11) is 3.13. The number of methoxy groups -OCH3 is 2. The minimum atomic E-state index is -0.492. The Morgan fingerprint density at radius 3 is 2.00 bits per heavy atom. The first kappa shape index (κ1) is 20.5. The number of aryl methyl sites for hydroxylation is 1. The first-order valence-corrected chi connectivity index (χ1v) is 8.51. The number of carbonyl (C=O) groups is 1. The maximum atomic E-state index is 11.5. The van der Waals surface area contributed by atoms with Gasteiger partial charge in [-0.25, -0.2) is 4.79 Å². The third-order valence-electron chi connectivity index (χ3n) is 3.57. The summed E-state index contributed by atoms with van der Waals surface area (Å²) < 4.78 is 26.4. The largest absolute Gasteiger partial charge is 0.467 e. The summed E-state index contributed by atoms with van der Waals surface area (Å²) in [5.74, 6) is 1.27. The van der Waals surface area contributed by atoms with Gasteiger partial charge in [-0.3, -0.25) is 5.32 Å². The van der Waals surface area contributed by atoms with Crippen LogP contribution in [-0.2, 0) is 14.2 Å². The summed E-state index contributed by atoms with van der Waals surface area (Å²) in [4.78, 5) is 11.5. The van der Waals surface area contributed by atoms with Crippen LogP contribution in [0, 0.1) is 6.92 Å². The molecule has 0 spiro atoms. The molecule has 0 aliphatic rings. The van der Waals surface area contributed by atoms with Crippen molar-refractivity contribution < 1.29 is 28.5 Å². The maximum Gasteiger partial charge on any atom is 0.411 e. The number of hydrogen-bond donors (Lipinski definition) is 1. The predicted molar refractivity (Wildman–Crippen MR) is 102 cm³/mol. The fraction of sp³-hybridized carbons (Fsp3) is 0.350. The van der Waals surface area contributed by atoms with Gasteiger partial charge in [0.1, 0.15) is 11.5 Å². The maximum absolute atomic E-state index is 11.5. The molecule has 146 valence electrons. The molecule has 2 rings (SSSR count). The Balaban J connectivity index is 2.37. The molecule has 0 unspecified atom stereocenters. The van der Waals surface area contributed by atoms with Crippen molar-refractivity contribution in [1.82, 2.24) is 0 Å². The van der Waals surface area contributed by atoms with E-state index in [9.17, 15) is 4.79 Å². The van der Waals surface area contributed by atoms with Crippen LogP contribution in [-0.4, -0.2) is 40.5 Å². The average Bonchev–Trinajstić information content (AvgIpc) is 2.65. The molecule has 0 saturated carbocycles. The smallest absolute Gasteiger partial charge is 0.411 e. The minimum absolute atomic E-state index is 0.114. The van der Waals surface area contributed by atoms with Crippen molar-refractivity contribution in [3.05, 3.63) is 42.0 Å². The second-order valence-corrected chi connectivity index (χ2v) is 5.66. The Morgan fingerprint density at radius 2 is 1.52 bits per heavy atom. The molecular weight excluding hydrogens is 350 g/mol. The van der Waals surface area contributed by atoms with Crippen LogP contribution in [0.4, 0.5) is 10.5 Å². The molecule has 0 bridgehead atoms. The third-order valence-corrected chi connectivity index (χ3v) is 3.57. The normalized spacial score (nSPS) is 10.4. The van der Waals surface area contributed by atoms with Crippen molar-refractivity contribution in [1.29, 1.82) is 0 Å². The van der Waals surface area contributed by atoms with Crippen LogP contribution in [0.5, 0.6) is 11.5 Å². The van der Waals surface area contributed by atoms with Crippen LogP contribution in [0.1, 0.15) is 12.5 Å². The lowest BCUT2D eigenvalue weighted by Gasteiger charge is -2.17. The summed E-state index contributed by atoms with van der Waals surface area (Å²) in [5, 5.41) is 2.66. The zero-order valence-electron chi connectivity index (χ0n) is 16.0. The molecule has 0 aliphatic carbocycles. The van der Waals surface area contributed by atoms with Crippen LogP contribution in [0.2, 0.25) is 0 Å². The van der Waals surface area contributed by atoms with E-state index in [-0.39, 0.29) is 13.6 Å². The van der Waals surface area contributed by atoms with E-state index in [1.54, 1.807) is 33.3 Å². The van der Waals surface area contributed by atoms with Gasteiger partial charge in [0.05, 0.1) is 12.2 Å². The standard InChI is InChI=1S/C20H25NO6/c1-5-25-20(22)21-16-8-6-15(7-9-16)19-17(26-12-23-3)10-14(2)11-18(19)27-13-24-4/h6-11H,5,12-13H2,1-4H3,(H,21,22). The summed E-state index contributed by atoms with van der Waals surface area (Å²) in [6, 6.07) is 11.1. The van der Waals surface area contributed by atoms with E-state index in [2.05, 4.69) is 5.32 Å². The molecule has 0 atom stereocenters. The summed E-state index contributed by atoms with van der Waals surface area (Å²) >= 11 is 0. The zero-order valence-corrected chi connectivity index (χ0v) is 16.0. The number of ether oxygens (including phenoxy) is 5. The van der Waals surface area contributed by atoms with Gasteiger partial charge in [0.2, 0.25) is 0 Å². The molecule has 0 heterocycles. The third kappa shape index (κ3) is 5.87. The minimum Gasteiger partial charge on any atom is -0.467 e.